The Labute approximate surface area is 296 Å². The topological polar surface area (TPSA) is 36.1 Å². The van der Waals surface area contributed by atoms with E-state index in [0.717, 1.165) is 71.9 Å². The zero-order chi connectivity index (χ0) is 33.9. The molecule has 4 heterocycles. The predicted molar refractivity (Wildman–Crippen MR) is 215 cm³/mol. The molecule has 4 heteroatoms. The minimum Gasteiger partial charge on any atom is -0.456 e. The molecule has 12 rings (SSSR count). The number of rotatable bonds is 3. The van der Waals surface area contributed by atoms with Crippen LogP contribution in [0.15, 0.2) is 179 Å². The van der Waals surface area contributed by atoms with Crippen LogP contribution in [0, 0.1) is 0 Å². The van der Waals surface area contributed by atoms with Crippen molar-refractivity contribution in [3.63, 3.8) is 0 Å². The van der Waals surface area contributed by atoms with Crippen LogP contribution in [-0.4, -0.2) is 9.13 Å². The van der Waals surface area contributed by atoms with E-state index in [4.69, 9.17) is 8.83 Å². The third-order valence-corrected chi connectivity index (χ3v) is 10.9. The number of hydrogen-bond acceptors (Lipinski definition) is 2. The molecular weight excluding hydrogens is 637 g/mol. The zero-order valence-electron chi connectivity index (χ0n) is 27.9. The number of furan rings is 2. The summed E-state index contributed by atoms with van der Waals surface area (Å²) in [6.07, 6.45) is 0. The molecule has 242 valence electrons. The molecule has 8 aromatic carbocycles. The summed E-state index contributed by atoms with van der Waals surface area (Å²) in [5.41, 5.74) is 12.7. The van der Waals surface area contributed by atoms with Crippen LogP contribution in [0.1, 0.15) is 0 Å². The van der Waals surface area contributed by atoms with Crippen molar-refractivity contribution >= 4 is 87.5 Å². The molecule has 52 heavy (non-hydrogen) atoms. The number of hydrogen-bond donors (Lipinski definition) is 0. The van der Waals surface area contributed by atoms with E-state index >= 15 is 0 Å². The van der Waals surface area contributed by atoms with Crippen LogP contribution in [-0.2, 0) is 0 Å². The molecule has 4 nitrogen and oxygen atoms in total. The maximum Gasteiger partial charge on any atom is 0.137 e. The molecule has 0 aliphatic heterocycles. The molecule has 0 saturated carbocycles. The van der Waals surface area contributed by atoms with Crippen molar-refractivity contribution in [2.75, 3.05) is 0 Å². The van der Waals surface area contributed by atoms with Crippen molar-refractivity contribution in [1.82, 2.24) is 9.13 Å². The first-order chi connectivity index (χ1) is 25.8. The van der Waals surface area contributed by atoms with E-state index < -0.39 is 0 Å². The molecule has 0 N–H and O–H groups in total. The maximum absolute atomic E-state index is 6.75. The Hall–Kier alpha value is -7.04. The van der Waals surface area contributed by atoms with Gasteiger partial charge in [0.1, 0.15) is 22.3 Å². The first kappa shape index (κ1) is 27.7. The van der Waals surface area contributed by atoms with E-state index in [9.17, 15) is 0 Å². The third-order valence-electron chi connectivity index (χ3n) is 10.9. The molecule has 4 aromatic heterocycles. The maximum atomic E-state index is 6.75. The average Bonchev–Trinajstić information content (AvgIpc) is 3.95. The van der Waals surface area contributed by atoms with Crippen LogP contribution >= 0.6 is 0 Å². The van der Waals surface area contributed by atoms with E-state index in [2.05, 4.69) is 161 Å². The van der Waals surface area contributed by atoms with Crippen molar-refractivity contribution < 1.29 is 8.83 Å². The molecule has 0 aliphatic rings. The highest BCUT2D eigenvalue weighted by Crippen LogP contribution is 2.43. The third kappa shape index (κ3) is 3.70. The highest BCUT2D eigenvalue weighted by molar-refractivity contribution is 6.24. The summed E-state index contributed by atoms with van der Waals surface area (Å²) >= 11 is 0. The molecule has 0 radical (unpaired) electrons. The first-order valence-corrected chi connectivity index (χ1v) is 17.7. The molecule has 0 unspecified atom stereocenters. The van der Waals surface area contributed by atoms with Gasteiger partial charge in [0.2, 0.25) is 0 Å². The van der Waals surface area contributed by atoms with Gasteiger partial charge in [-0.1, -0.05) is 103 Å². The fraction of sp³-hybridized carbons (Fsp3) is 0. The first-order valence-electron chi connectivity index (χ1n) is 17.7. The van der Waals surface area contributed by atoms with Gasteiger partial charge in [0.15, 0.2) is 0 Å². The SMILES string of the molecule is c1ccc(-n2c3ccccc3c3ccc4c5ccccc5n(-c5ccc6c(c5)oc5cc(-c7cccc8oc9ccccc9c78)ccc56)c4c32)cc1. The van der Waals surface area contributed by atoms with Crippen LogP contribution < -0.4 is 0 Å². The molecule has 0 spiro atoms. The summed E-state index contributed by atoms with van der Waals surface area (Å²) in [5, 5.41) is 9.36. The summed E-state index contributed by atoms with van der Waals surface area (Å²) in [6.45, 7) is 0. The molecule has 12 aromatic rings. The Morgan fingerprint density at radius 2 is 0.885 bits per heavy atom. The van der Waals surface area contributed by atoms with Crippen molar-refractivity contribution in [2.24, 2.45) is 0 Å². The summed E-state index contributed by atoms with van der Waals surface area (Å²) in [6, 6.07) is 60.5. The number of benzene rings is 8. The van der Waals surface area contributed by atoms with Crippen molar-refractivity contribution in [2.45, 2.75) is 0 Å². The summed E-state index contributed by atoms with van der Waals surface area (Å²) in [5.74, 6) is 0. The van der Waals surface area contributed by atoms with Gasteiger partial charge in [0.05, 0.1) is 27.8 Å². The smallest absolute Gasteiger partial charge is 0.137 e. The van der Waals surface area contributed by atoms with E-state index in [0.29, 0.717) is 0 Å². The Bertz CT molecular complexity index is 3410. The summed E-state index contributed by atoms with van der Waals surface area (Å²) < 4.78 is 17.8. The quantitative estimate of drug-likeness (QED) is 0.188. The molecule has 0 aliphatic carbocycles. The molecule has 0 amide bonds. The average molecular weight is 665 g/mol. The predicted octanol–water partition coefficient (Wildman–Crippen LogP) is 13.3. The van der Waals surface area contributed by atoms with Crippen LogP contribution in [0.3, 0.4) is 0 Å². The molecule has 0 bridgehead atoms. The molecular formula is C48H28N2O2. The van der Waals surface area contributed by atoms with E-state index in [1.54, 1.807) is 0 Å². The lowest BCUT2D eigenvalue weighted by Crippen LogP contribution is -1.98. The molecule has 0 fully saturated rings. The zero-order valence-corrected chi connectivity index (χ0v) is 27.9. The highest BCUT2D eigenvalue weighted by atomic mass is 16.3. The second kappa shape index (κ2) is 10.3. The molecule has 0 atom stereocenters. The normalized spacial score (nSPS) is 12.2. The van der Waals surface area contributed by atoms with E-state index in [-0.39, 0.29) is 0 Å². The largest absolute Gasteiger partial charge is 0.456 e. The van der Waals surface area contributed by atoms with Gasteiger partial charge in [-0.05, 0) is 71.8 Å². The van der Waals surface area contributed by atoms with Gasteiger partial charge in [0.25, 0.3) is 0 Å². The standard InChI is InChI=1S/C48H28N2O2/c1-2-11-30(12-3-1)49-40-17-7-4-13-33(40)37-25-26-38-34-14-5-8-18-41(34)50(48(38)47(37)49)31-22-24-36-35-23-21-29(27-44(35)52-45(36)28-31)32-16-10-20-43-46(32)39-15-6-9-19-42(39)51-43/h1-28H. The van der Waals surface area contributed by atoms with Gasteiger partial charge in [-0.25, -0.2) is 0 Å². The lowest BCUT2D eigenvalue weighted by atomic mass is 9.98. The Morgan fingerprint density at radius 3 is 1.63 bits per heavy atom. The highest BCUT2D eigenvalue weighted by Gasteiger charge is 2.22. The minimum atomic E-state index is 0.860. The second-order valence-corrected chi connectivity index (χ2v) is 13.7. The van der Waals surface area contributed by atoms with Gasteiger partial charge < -0.3 is 18.0 Å². The Morgan fingerprint density at radius 1 is 0.327 bits per heavy atom. The van der Waals surface area contributed by atoms with E-state index in [1.807, 2.05) is 18.2 Å². The minimum absolute atomic E-state index is 0.860. The van der Waals surface area contributed by atoms with Crippen molar-refractivity contribution in [3.8, 4) is 22.5 Å². The van der Waals surface area contributed by atoms with Gasteiger partial charge >= 0.3 is 0 Å². The lowest BCUT2D eigenvalue weighted by molar-refractivity contribution is 0.668. The van der Waals surface area contributed by atoms with Crippen LogP contribution in [0.2, 0.25) is 0 Å². The number of nitrogens with zero attached hydrogens (tertiary/aromatic N) is 2. The monoisotopic (exact) mass is 664 g/mol. The fourth-order valence-electron chi connectivity index (χ4n) is 8.70. The van der Waals surface area contributed by atoms with Gasteiger partial charge in [-0.15, -0.1) is 0 Å². The van der Waals surface area contributed by atoms with Crippen molar-refractivity contribution in [1.29, 1.82) is 0 Å². The molecule has 0 saturated heterocycles. The Kier molecular flexibility index (Phi) is 5.47. The summed E-state index contributed by atoms with van der Waals surface area (Å²) in [7, 11) is 0. The van der Waals surface area contributed by atoms with Crippen LogP contribution in [0.25, 0.3) is 110 Å². The van der Waals surface area contributed by atoms with E-state index in [1.165, 1.54) is 38.1 Å². The Balaban J connectivity index is 1.12. The van der Waals surface area contributed by atoms with Gasteiger partial charge in [-0.3, -0.25) is 0 Å². The fourth-order valence-corrected chi connectivity index (χ4v) is 8.70. The lowest BCUT2D eigenvalue weighted by Gasteiger charge is -2.12. The number of para-hydroxylation sites is 4. The number of fused-ring (bicyclic) bond motifs is 13. The van der Waals surface area contributed by atoms with Crippen LogP contribution in [0.5, 0.6) is 0 Å². The van der Waals surface area contributed by atoms with Gasteiger partial charge in [-0.2, -0.15) is 0 Å². The second-order valence-electron chi connectivity index (χ2n) is 13.7. The van der Waals surface area contributed by atoms with Crippen molar-refractivity contribution in [3.05, 3.63) is 170 Å². The number of aromatic nitrogens is 2. The van der Waals surface area contributed by atoms with Gasteiger partial charge in [0, 0.05) is 54.8 Å². The summed E-state index contributed by atoms with van der Waals surface area (Å²) in [4.78, 5) is 0. The van der Waals surface area contributed by atoms with Crippen LogP contribution in [0.4, 0.5) is 0 Å².